The lowest BCUT2D eigenvalue weighted by molar-refractivity contribution is 0.660. The second-order valence-corrected chi connectivity index (χ2v) is 16.2. The Labute approximate surface area is 345 Å². The van der Waals surface area contributed by atoms with Crippen molar-refractivity contribution in [2.24, 2.45) is 0 Å². The summed E-state index contributed by atoms with van der Waals surface area (Å²) < 4.78 is 6.14. The van der Waals surface area contributed by atoms with Crippen molar-refractivity contribution in [1.29, 1.82) is 0 Å². The molecule has 0 unspecified atom stereocenters. The number of hydrogen-bond donors (Lipinski definition) is 0. The van der Waals surface area contributed by atoms with Gasteiger partial charge in [0, 0.05) is 33.2 Å². The highest BCUT2D eigenvalue weighted by Gasteiger charge is 2.36. The monoisotopic (exact) mass is 755 g/mol. The SMILES string of the molecule is CC1(C)c2cc(-c3ccccc3)ccc2-c2ccc(N(c3ccc(-c4cccc(-c5ccccc5)c4)cc3)c3ccc(-c4ccc5oc6ccccc6c5c4)cc3)cc21. The number of para-hydroxylation sites is 1. The number of fused-ring (bicyclic) bond motifs is 6. The Morgan fingerprint density at radius 2 is 0.763 bits per heavy atom. The van der Waals surface area contributed by atoms with Gasteiger partial charge in [-0.1, -0.05) is 159 Å². The molecule has 11 rings (SSSR count). The van der Waals surface area contributed by atoms with Crippen LogP contribution in [0.5, 0.6) is 0 Å². The highest BCUT2D eigenvalue weighted by atomic mass is 16.3. The number of hydrogen-bond acceptors (Lipinski definition) is 2. The maximum Gasteiger partial charge on any atom is 0.135 e. The van der Waals surface area contributed by atoms with Gasteiger partial charge in [-0.2, -0.15) is 0 Å². The molecule has 1 heterocycles. The van der Waals surface area contributed by atoms with Gasteiger partial charge < -0.3 is 9.32 Å². The van der Waals surface area contributed by atoms with Gasteiger partial charge in [-0.25, -0.2) is 0 Å². The average molecular weight is 756 g/mol. The van der Waals surface area contributed by atoms with E-state index in [4.69, 9.17) is 4.42 Å². The summed E-state index contributed by atoms with van der Waals surface area (Å²) >= 11 is 0. The van der Waals surface area contributed by atoms with Crippen LogP contribution < -0.4 is 4.90 Å². The summed E-state index contributed by atoms with van der Waals surface area (Å²) in [4.78, 5) is 2.40. The lowest BCUT2D eigenvalue weighted by atomic mass is 9.81. The molecular weight excluding hydrogens is 715 g/mol. The van der Waals surface area contributed by atoms with Crippen LogP contribution in [0, 0.1) is 0 Å². The minimum Gasteiger partial charge on any atom is -0.456 e. The van der Waals surface area contributed by atoms with E-state index in [1.54, 1.807) is 0 Å². The van der Waals surface area contributed by atoms with E-state index in [0.29, 0.717) is 0 Å². The smallest absolute Gasteiger partial charge is 0.135 e. The van der Waals surface area contributed by atoms with Crippen molar-refractivity contribution < 1.29 is 4.42 Å². The Hall–Kier alpha value is -7.42. The molecule has 59 heavy (non-hydrogen) atoms. The molecule has 0 saturated heterocycles. The van der Waals surface area contributed by atoms with Crippen LogP contribution >= 0.6 is 0 Å². The Morgan fingerprint density at radius 1 is 0.322 bits per heavy atom. The molecule has 10 aromatic rings. The molecule has 1 aliphatic carbocycles. The normalized spacial score (nSPS) is 12.7. The lowest BCUT2D eigenvalue weighted by Gasteiger charge is -2.28. The van der Waals surface area contributed by atoms with E-state index in [-0.39, 0.29) is 5.41 Å². The van der Waals surface area contributed by atoms with Gasteiger partial charge >= 0.3 is 0 Å². The van der Waals surface area contributed by atoms with E-state index in [1.165, 1.54) is 55.6 Å². The van der Waals surface area contributed by atoms with Gasteiger partial charge in [0.25, 0.3) is 0 Å². The van der Waals surface area contributed by atoms with Crippen LogP contribution in [0.25, 0.3) is 77.6 Å². The van der Waals surface area contributed by atoms with Crippen LogP contribution in [0.4, 0.5) is 17.1 Å². The van der Waals surface area contributed by atoms with Gasteiger partial charge in [-0.05, 0) is 133 Å². The zero-order valence-electron chi connectivity index (χ0n) is 33.1. The minimum atomic E-state index is -0.176. The number of nitrogens with zero attached hydrogens (tertiary/aromatic N) is 1. The standard InChI is InChI=1S/C57H41NO/c1-57(2)53-36-45(39-14-7-4-8-15-39)24-31-49(53)50-32-30-48(37-54(50)57)58(46-26-20-40(21-27-46)43-17-11-16-42(34-43)38-12-5-3-6-13-38)47-28-22-41(23-29-47)44-25-33-56-52(35-44)51-18-9-10-19-55(51)59-56/h3-37H,1-2H3. The fourth-order valence-corrected chi connectivity index (χ4v) is 9.14. The molecule has 1 aliphatic rings. The summed E-state index contributed by atoms with van der Waals surface area (Å²) in [6, 6.07) is 76.9. The minimum absolute atomic E-state index is 0.176. The molecule has 2 heteroatoms. The third kappa shape index (κ3) is 6.04. The predicted molar refractivity (Wildman–Crippen MR) is 248 cm³/mol. The Balaban J connectivity index is 0.991. The largest absolute Gasteiger partial charge is 0.456 e. The summed E-state index contributed by atoms with van der Waals surface area (Å²) in [5.74, 6) is 0. The van der Waals surface area contributed by atoms with Gasteiger partial charge in [0.05, 0.1) is 0 Å². The van der Waals surface area contributed by atoms with E-state index < -0.39 is 0 Å². The quantitative estimate of drug-likeness (QED) is 0.161. The Kier molecular flexibility index (Phi) is 8.20. The van der Waals surface area contributed by atoms with Crippen LogP contribution in [-0.4, -0.2) is 0 Å². The molecule has 0 bridgehead atoms. The van der Waals surface area contributed by atoms with Gasteiger partial charge in [0.15, 0.2) is 0 Å². The molecule has 2 nitrogen and oxygen atoms in total. The molecule has 0 aliphatic heterocycles. The maximum absolute atomic E-state index is 6.14. The van der Waals surface area contributed by atoms with Crippen molar-refractivity contribution in [1.82, 2.24) is 0 Å². The third-order valence-corrected chi connectivity index (χ3v) is 12.3. The van der Waals surface area contributed by atoms with Crippen LogP contribution in [0.2, 0.25) is 0 Å². The van der Waals surface area contributed by atoms with Crippen molar-refractivity contribution in [2.45, 2.75) is 19.3 Å². The summed E-state index contributed by atoms with van der Waals surface area (Å²) in [5.41, 5.74) is 19.9. The molecule has 0 spiro atoms. The van der Waals surface area contributed by atoms with Crippen molar-refractivity contribution in [3.05, 3.63) is 223 Å². The highest BCUT2D eigenvalue weighted by Crippen LogP contribution is 2.52. The second-order valence-electron chi connectivity index (χ2n) is 16.2. The first-order chi connectivity index (χ1) is 29.0. The van der Waals surface area contributed by atoms with Gasteiger partial charge in [0.2, 0.25) is 0 Å². The first-order valence-corrected chi connectivity index (χ1v) is 20.4. The van der Waals surface area contributed by atoms with Crippen LogP contribution in [0.1, 0.15) is 25.0 Å². The zero-order chi connectivity index (χ0) is 39.5. The highest BCUT2D eigenvalue weighted by molar-refractivity contribution is 6.06. The third-order valence-electron chi connectivity index (χ3n) is 12.3. The first kappa shape index (κ1) is 34.8. The maximum atomic E-state index is 6.14. The summed E-state index contributed by atoms with van der Waals surface area (Å²) in [7, 11) is 0. The number of anilines is 3. The first-order valence-electron chi connectivity index (χ1n) is 20.4. The van der Waals surface area contributed by atoms with Crippen molar-refractivity contribution in [2.75, 3.05) is 4.90 Å². The molecule has 0 N–H and O–H groups in total. The van der Waals surface area contributed by atoms with E-state index in [9.17, 15) is 0 Å². The van der Waals surface area contributed by atoms with E-state index in [2.05, 4.69) is 219 Å². The molecule has 0 amide bonds. The Bertz CT molecular complexity index is 3160. The molecule has 1 aromatic heterocycles. The topological polar surface area (TPSA) is 16.4 Å². The Morgan fingerprint density at radius 3 is 1.41 bits per heavy atom. The zero-order valence-corrected chi connectivity index (χ0v) is 33.1. The fraction of sp³-hybridized carbons (Fsp3) is 0.0526. The number of benzene rings is 9. The van der Waals surface area contributed by atoms with E-state index in [0.717, 1.165) is 50.1 Å². The molecular formula is C57H41NO. The molecule has 0 radical (unpaired) electrons. The lowest BCUT2D eigenvalue weighted by Crippen LogP contribution is -2.16. The second kappa shape index (κ2) is 13.9. The summed E-state index contributed by atoms with van der Waals surface area (Å²) in [6.45, 7) is 4.74. The van der Waals surface area contributed by atoms with Gasteiger partial charge in [0.1, 0.15) is 11.2 Å². The fourth-order valence-electron chi connectivity index (χ4n) is 9.14. The molecule has 0 fully saturated rings. The van der Waals surface area contributed by atoms with Gasteiger partial charge in [-0.15, -0.1) is 0 Å². The molecule has 9 aromatic carbocycles. The molecule has 0 saturated carbocycles. The van der Waals surface area contributed by atoms with Crippen molar-refractivity contribution in [3.63, 3.8) is 0 Å². The summed E-state index contributed by atoms with van der Waals surface area (Å²) in [5, 5.41) is 2.27. The number of furan rings is 1. The van der Waals surface area contributed by atoms with Crippen molar-refractivity contribution in [3.8, 4) is 55.6 Å². The number of rotatable bonds is 7. The summed E-state index contributed by atoms with van der Waals surface area (Å²) in [6.07, 6.45) is 0. The van der Waals surface area contributed by atoms with Crippen LogP contribution in [-0.2, 0) is 5.41 Å². The molecule has 280 valence electrons. The predicted octanol–water partition coefficient (Wildman–Crippen LogP) is 16.0. The van der Waals surface area contributed by atoms with Gasteiger partial charge in [-0.3, -0.25) is 0 Å². The van der Waals surface area contributed by atoms with Crippen LogP contribution in [0.15, 0.2) is 217 Å². The van der Waals surface area contributed by atoms with Crippen LogP contribution in [0.3, 0.4) is 0 Å². The van der Waals surface area contributed by atoms with Crippen molar-refractivity contribution >= 4 is 39.0 Å². The van der Waals surface area contributed by atoms with E-state index in [1.807, 2.05) is 12.1 Å². The molecule has 0 atom stereocenters. The average Bonchev–Trinajstić information content (AvgIpc) is 3.78. The van der Waals surface area contributed by atoms with E-state index >= 15 is 0 Å².